The molecule has 0 atom stereocenters. The Bertz CT molecular complexity index is 972. The molecule has 0 N–H and O–H groups in total. The zero-order chi connectivity index (χ0) is 19.5. The number of halogens is 2. The molecule has 28 heavy (non-hydrogen) atoms. The molecule has 1 aromatic carbocycles. The Balaban J connectivity index is 1.49. The van der Waals surface area contributed by atoms with Crippen molar-refractivity contribution in [3.05, 3.63) is 71.1 Å². The van der Waals surface area contributed by atoms with Crippen LogP contribution in [0, 0.1) is 5.82 Å². The van der Waals surface area contributed by atoms with Crippen LogP contribution in [-0.4, -0.2) is 38.4 Å². The molecule has 0 unspecified atom stereocenters. The van der Waals surface area contributed by atoms with Crippen molar-refractivity contribution >= 4 is 21.8 Å². The van der Waals surface area contributed by atoms with E-state index >= 15 is 0 Å². The van der Waals surface area contributed by atoms with E-state index in [-0.39, 0.29) is 17.6 Å². The number of nitrogens with zero attached hydrogens (tertiary/aromatic N) is 4. The van der Waals surface area contributed by atoms with Gasteiger partial charge in [0.25, 0.3) is 5.91 Å². The fourth-order valence-corrected chi connectivity index (χ4v) is 3.75. The smallest absolute Gasteiger partial charge is 0.259 e. The number of piperidine rings is 1. The maximum absolute atomic E-state index is 13.3. The molecule has 1 fully saturated rings. The van der Waals surface area contributed by atoms with E-state index in [1.54, 1.807) is 24.5 Å². The van der Waals surface area contributed by atoms with Crippen molar-refractivity contribution in [3.63, 3.8) is 0 Å². The Kier molecular flexibility index (Phi) is 5.38. The molecule has 1 aliphatic heterocycles. The Morgan fingerprint density at radius 1 is 1.21 bits per heavy atom. The van der Waals surface area contributed by atoms with Crippen molar-refractivity contribution in [2.75, 3.05) is 13.1 Å². The molecule has 0 radical (unpaired) electrons. The lowest BCUT2D eigenvalue weighted by Crippen LogP contribution is -2.39. The van der Waals surface area contributed by atoms with Crippen LogP contribution in [0.4, 0.5) is 4.39 Å². The number of rotatable bonds is 4. The molecule has 3 heterocycles. The van der Waals surface area contributed by atoms with E-state index in [4.69, 9.17) is 4.74 Å². The Morgan fingerprint density at radius 3 is 2.75 bits per heavy atom. The molecular weight excluding hydrogens is 427 g/mol. The first-order valence-corrected chi connectivity index (χ1v) is 9.76. The number of carbonyl (C=O) groups is 1. The van der Waals surface area contributed by atoms with E-state index in [1.807, 2.05) is 17.4 Å². The molecule has 2 aromatic heterocycles. The molecule has 1 aliphatic rings. The van der Waals surface area contributed by atoms with Crippen LogP contribution in [0.25, 0.3) is 0 Å². The molecule has 0 bridgehead atoms. The number of hydrogen-bond acceptors (Lipinski definition) is 4. The summed E-state index contributed by atoms with van der Waals surface area (Å²) in [6, 6.07) is 7.86. The molecule has 144 valence electrons. The number of pyridine rings is 1. The van der Waals surface area contributed by atoms with Crippen LogP contribution in [0.2, 0.25) is 0 Å². The first kappa shape index (κ1) is 18.6. The third-order valence-electron chi connectivity index (χ3n) is 4.80. The van der Waals surface area contributed by atoms with Crippen molar-refractivity contribution in [1.29, 1.82) is 0 Å². The summed E-state index contributed by atoms with van der Waals surface area (Å²) < 4.78 is 21.7. The minimum absolute atomic E-state index is 0.120. The van der Waals surface area contributed by atoms with Gasteiger partial charge in [-0.25, -0.2) is 14.4 Å². The van der Waals surface area contributed by atoms with Gasteiger partial charge >= 0.3 is 0 Å². The second-order valence-electron chi connectivity index (χ2n) is 6.57. The zero-order valence-corrected chi connectivity index (χ0v) is 16.5. The van der Waals surface area contributed by atoms with E-state index in [9.17, 15) is 9.18 Å². The largest absolute Gasteiger partial charge is 0.437 e. The number of aromatic nitrogens is 3. The molecule has 0 saturated carbocycles. The lowest BCUT2D eigenvalue weighted by atomic mass is 10.0. The number of amides is 1. The van der Waals surface area contributed by atoms with Gasteiger partial charge < -0.3 is 14.2 Å². The molecule has 1 saturated heterocycles. The van der Waals surface area contributed by atoms with Crippen LogP contribution in [0.3, 0.4) is 0 Å². The summed E-state index contributed by atoms with van der Waals surface area (Å²) in [5.74, 6) is 0.104. The predicted octanol–water partition coefficient (Wildman–Crippen LogP) is 4.45. The second kappa shape index (κ2) is 8.10. The van der Waals surface area contributed by atoms with Gasteiger partial charge in [-0.1, -0.05) is 0 Å². The highest BCUT2D eigenvalue weighted by Crippen LogP contribution is 2.32. The van der Waals surface area contributed by atoms with Gasteiger partial charge in [-0.05, 0) is 59.1 Å². The number of carbonyl (C=O) groups excluding carboxylic acids is 1. The minimum atomic E-state index is -0.377. The summed E-state index contributed by atoms with van der Waals surface area (Å²) >= 11 is 3.27. The summed E-state index contributed by atoms with van der Waals surface area (Å²) in [6.07, 6.45) is 8.83. The maximum atomic E-state index is 13.3. The fraction of sp³-hybridized carbons (Fsp3) is 0.250. The van der Waals surface area contributed by atoms with Gasteiger partial charge in [0.15, 0.2) is 0 Å². The maximum Gasteiger partial charge on any atom is 0.259 e. The van der Waals surface area contributed by atoms with E-state index in [0.29, 0.717) is 34.9 Å². The molecule has 6 nitrogen and oxygen atoms in total. The highest BCUT2D eigenvalue weighted by molar-refractivity contribution is 9.10. The topological polar surface area (TPSA) is 60.2 Å². The standard InChI is InChI=1S/C20H18BrFN4O2/c21-17-12-14(22)3-4-18(17)28-19-16(2-1-7-24-19)20(27)25-9-5-15(6-10-25)26-11-8-23-13-26/h1-4,7-8,11-13,15H,5-6,9-10H2. The van der Waals surface area contributed by atoms with Crippen LogP contribution in [0.15, 0.2) is 59.7 Å². The van der Waals surface area contributed by atoms with E-state index in [2.05, 4.69) is 30.5 Å². The van der Waals surface area contributed by atoms with Gasteiger partial charge in [0.05, 0.1) is 10.8 Å². The summed E-state index contributed by atoms with van der Waals surface area (Å²) in [7, 11) is 0. The van der Waals surface area contributed by atoms with Gasteiger partial charge in [0.2, 0.25) is 5.88 Å². The first-order chi connectivity index (χ1) is 13.6. The van der Waals surface area contributed by atoms with Crippen molar-refractivity contribution in [3.8, 4) is 11.6 Å². The van der Waals surface area contributed by atoms with Crippen LogP contribution < -0.4 is 4.74 Å². The summed E-state index contributed by atoms with van der Waals surface area (Å²) in [5, 5.41) is 0. The molecular formula is C20H18BrFN4O2. The Labute approximate surface area is 170 Å². The lowest BCUT2D eigenvalue weighted by molar-refractivity contribution is 0.0691. The van der Waals surface area contributed by atoms with Crippen LogP contribution >= 0.6 is 15.9 Å². The summed E-state index contributed by atoms with van der Waals surface area (Å²) in [5.41, 5.74) is 0.389. The van der Waals surface area contributed by atoms with Crippen LogP contribution in [0.5, 0.6) is 11.6 Å². The van der Waals surface area contributed by atoms with E-state index < -0.39 is 0 Å². The Hall–Kier alpha value is -2.74. The molecule has 1 amide bonds. The van der Waals surface area contributed by atoms with Gasteiger partial charge in [0, 0.05) is 37.7 Å². The number of ether oxygens (including phenoxy) is 1. The number of hydrogen-bond donors (Lipinski definition) is 0. The zero-order valence-electron chi connectivity index (χ0n) is 15.0. The molecule has 0 spiro atoms. The van der Waals surface area contributed by atoms with Gasteiger partial charge in [-0.3, -0.25) is 4.79 Å². The quantitative estimate of drug-likeness (QED) is 0.596. The average Bonchev–Trinajstić information content (AvgIpc) is 3.25. The van der Waals surface area contributed by atoms with E-state index in [1.165, 1.54) is 18.2 Å². The average molecular weight is 445 g/mol. The predicted molar refractivity (Wildman–Crippen MR) is 105 cm³/mol. The monoisotopic (exact) mass is 444 g/mol. The minimum Gasteiger partial charge on any atom is -0.437 e. The third kappa shape index (κ3) is 3.91. The van der Waals surface area contributed by atoms with Crippen molar-refractivity contribution in [1.82, 2.24) is 19.4 Å². The summed E-state index contributed by atoms with van der Waals surface area (Å²) in [6.45, 7) is 1.30. The normalized spacial score (nSPS) is 14.9. The first-order valence-electron chi connectivity index (χ1n) is 8.96. The molecule has 8 heteroatoms. The van der Waals surface area contributed by atoms with Crippen molar-refractivity contribution in [2.45, 2.75) is 18.9 Å². The van der Waals surface area contributed by atoms with Crippen molar-refractivity contribution < 1.29 is 13.9 Å². The van der Waals surface area contributed by atoms with Crippen molar-refractivity contribution in [2.24, 2.45) is 0 Å². The Morgan fingerprint density at radius 2 is 2.04 bits per heavy atom. The number of benzene rings is 1. The third-order valence-corrected chi connectivity index (χ3v) is 5.42. The summed E-state index contributed by atoms with van der Waals surface area (Å²) in [4.78, 5) is 23.2. The number of imidazole rings is 1. The molecule has 3 aromatic rings. The highest BCUT2D eigenvalue weighted by Gasteiger charge is 2.26. The van der Waals surface area contributed by atoms with Crippen LogP contribution in [0.1, 0.15) is 29.2 Å². The van der Waals surface area contributed by atoms with E-state index in [0.717, 1.165) is 12.8 Å². The SMILES string of the molecule is O=C(c1cccnc1Oc1ccc(F)cc1Br)N1CCC(n2ccnc2)CC1. The van der Waals surface area contributed by atoms with Gasteiger partial charge in [-0.15, -0.1) is 0 Å². The molecule has 4 rings (SSSR count). The second-order valence-corrected chi connectivity index (χ2v) is 7.42. The lowest BCUT2D eigenvalue weighted by Gasteiger charge is -2.32. The van der Waals surface area contributed by atoms with Crippen LogP contribution in [-0.2, 0) is 0 Å². The van der Waals surface area contributed by atoms with Gasteiger partial charge in [0.1, 0.15) is 17.1 Å². The van der Waals surface area contributed by atoms with Gasteiger partial charge in [-0.2, -0.15) is 0 Å². The fourth-order valence-electron chi connectivity index (χ4n) is 3.32. The highest BCUT2D eigenvalue weighted by atomic mass is 79.9. The number of likely N-dealkylation sites (tertiary alicyclic amines) is 1. The molecule has 0 aliphatic carbocycles.